The molecular weight excluding hydrogens is 174 g/mol. The molecule has 14 heavy (non-hydrogen) atoms. The van der Waals surface area contributed by atoms with Gasteiger partial charge in [0.15, 0.2) is 11.9 Å². The Balaban J connectivity index is 2.86. The molecule has 2 heteroatoms. The lowest BCUT2D eigenvalue weighted by Gasteiger charge is -2.22. The second-order valence-corrected chi connectivity index (χ2v) is 4.20. The minimum absolute atomic E-state index is 0.0704. The number of rotatable bonds is 4. The monoisotopic (exact) mass is 192 g/mol. The van der Waals surface area contributed by atoms with Gasteiger partial charge >= 0.3 is 0 Å². The summed E-state index contributed by atoms with van der Waals surface area (Å²) in [7, 11) is 0. The van der Waals surface area contributed by atoms with Crippen LogP contribution in [0.5, 0.6) is 0 Å². The van der Waals surface area contributed by atoms with E-state index < -0.39 is 0 Å². The molecular formula is C12H18NO. The van der Waals surface area contributed by atoms with Crippen molar-refractivity contribution in [1.29, 1.82) is 0 Å². The summed E-state index contributed by atoms with van der Waals surface area (Å²) >= 11 is 0. The summed E-state index contributed by atoms with van der Waals surface area (Å²) in [6, 6.07) is 5.57. The molecule has 0 aliphatic rings. The van der Waals surface area contributed by atoms with Gasteiger partial charge in [0.1, 0.15) is 0 Å². The minimum Gasteiger partial charge on any atom is -0.618 e. The summed E-state index contributed by atoms with van der Waals surface area (Å²) in [5.41, 5.74) is 0.767. The van der Waals surface area contributed by atoms with E-state index in [2.05, 4.69) is 27.2 Å². The molecule has 0 aliphatic heterocycles. The van der Waals surface area contributed by atoms with E-state index in [1.54, 1.807) is 12.3 Å². The van der Waals surface area contributed by atoms with Crippen molar-refractivity contribution in [3.05, 3.63) is 41.7 Å². The lowest BCUT2D eigenvalue weighted by molar-refractivity contribution is -0.618. The van der Waals surface area contributed by atoms with Crippen molar-refractivity contribution in [2.75, 3.05) is 0 Å². The number of nitrogens with zero attached hydrogens (tertiary/aromatic N) is 1. The number of hydrogen-bond donors (Lipinski definition) is 0. The van der Waals surface area contributed by atoms with Crippen LogP contribution < -0.4 is 4.73 Å². The molecule has 0 saturated carbocycles. The zero-order valence-corrected chi connectivity index (χ0v) is 9.16. The Kier molecular flexibility index (Phi) is 3.50. The molecule has 77 valence electrons. The summed E-state index contributed by atoms with van der Waals surface area (Å²) in [6.07, 6.45) is 5.76. The molecule has 0 bridgehead atoms. The molecule has 0 N–H and O–H groups in total. The zero-order valence-electron chi connectivity index (χ0n) is 9.16. The summed E-state index contributed by atoms with van der Waals surface area (Å²) in [4.78, 5) is 0. The fourth-order valence-corrected chi connectivity index (χ4v) is 1.56. The second kappa shape index (κ2) is 4.45. The van der Waals surface area contributed by atoms with Crippen LogP contribution in [0.3, 0.4) is 0 Å². The molecule has 0 saturated heterocycles. The van der Waals surface area contributed by atoms with E-state index in [0.29, 0.717) is 0 Å². The van der Waals surface area contributed by atoms with Gasteiger partial charge in [-0.15, -0.1) is 0 Å². The molecule has 1 rings (SSSR count). The Labute approximate surface area is 86.2 Å². The van der Waals surface area contributed by atoms with Crippen LogP contribution in [0.15, 0.2) is 24.4 Å². The van der Waals surface area contributed by atoms with Crippen LogP contribution in [0.25, 0.3) is 0 Å². The smallest absolute Gasteiger partial charge is 0.198 e. The molecule has 0 amide bonds. The van der Waals surface area contributed by atoms with E-state index in [1.807, 2.05) is 12.1 Å². The molecule has 1 aromatic heterocycles. The topological polar surface area (TPSA) is 26.9 Å². The molecule has 1 heterocycles. The Hall–Kier alpha value is -1.05. The molecule has 0 atom stereocenters. The lowest BCUT2D eigenvalue weighted by Crippen LogP contribution is -2.39. The van der Waals surface area contributed by atoms with Crippen molar-refractivity contribution in [3.63, 3.8) is 0 Å². The molecule has 0 aromatic carbocycles. The quantitative estimate of drug-likeness (QED) is 0.532. The van der Waals surface area contributed by atoms with Crippen molar-refractivity contribution in [2.45, 2.75) is 39.0 Å². The maximum atomic E-state index is 11.5. The van der Waals surface area contributed by atoms with Crippen molar-refractivity contribution >= 4 is 0 Å². The second-order valence-electron chi connectivity index (χ2n) is 4.20. The van der Waals surface area contributed by atoms with Crippen LogP contribution in [0.2, 0.25) is 0 Å². The van der Waals surface area contributed by atoms with E-state index in [-0.39, 0.29) is 5.41 Å². The predicted molar refractivity (Wildman–Crippen MR) is 57.6 cm³/mol. The van der Waals surface area contributed by atoms with Crippen molar-refractivity contribution in [2.24, 2.45) is 0 Å². The standard InChI is InChI=1S/C12H18NO/c1-4-5-9-12(2,3)11-8-6-7-10-13(11)14/h5-8,10H,4,9H2,1-3H3. The normalized spacial score (nSPS) is 11.6. The number of pyridine rings is 1. The Bertz CT molecular complexity index is 294. The van der Waals surface area contributed by atoms with Gasteiger partial charge in [-0.05, 0) is 32.8 Å². The minimum atomic E-state index is -0.0704. The maximum absolute atomic E-state index is 11.5. The van der Waals surface area contributed by atoms with Gasteiger partial charge in [0.2, 0.25) is 0 Å². The largest absolute Gasteiger partial charge is 0.618 e. The fourth-order valence-electron chi connectivity index (χ4n) is 1.56. The first-order chi connectivity index (χ1) is 6.58. The third-order valence-electron chi connectivity index (χ3n) is 2.46. The van der Waals surface area contributed by atoms with Crippen molar-refractivity contribution < 1.29 is 4.73 Å². The highest BCUT2D eigenvalue weighted by molar-refractivity contribution is 5.10. The highest BCUT2D eigenvalue weighted by Gasteiger charge is 2.27. The van der Waals surface area contributed by atoms with E-state index in [0.717, 1.165) is 23.3 Å². The van der Waals surface area contributed by atoms with Crippen LogP contribution in [-0.4, -0.2) is 0 Å². The molecule has 0 aliphatic carbocycles. The Morgan fingerprint density at radius 1 is 1.43 bits per heavy atom. The first kappa shape index (κ1) is 11.0. The average Bonchev–Trinajstić information content (AvgIpc) is 2.15. The SMILES string of the molecule is CC[CH]CC(C)(C)c1cccc[n+]1[O-]. The number of unbranched alkanes of at least 4 members (excludes halogenated alkanes) is 1. The van der Waals surface area contributed by atoms with E-state index >= 15 is 0 Å². The van der Waals surface area contributed by atoms with Crippen LogP contribution in [-0.2, 0) is 5.41 Å². The van der Waals surface area contributed by atoms with Gasteiger partial charge in [-0.2, -0.15) is 4.73 Å². The van der Waals surface area contributed by atoms with E-state index in [1.165, 1.54) is 0 Å². The van der Waals surface area contributed by atoms with Crippen LogP contribution in [0.1, 0.15) is 39.3 Å². The van der Waals surface area contributed by atoms with Gasteiger partial charge < -0.3 is 5.21 Å². The number of hydrogen-bond acceptors (Lipinski definition) is 1. The van der Waals surface area contributed by atoms with Gasteiger partial charge in [0, 0.05) is 12.1 Å². The van der Waals surface area contributed by atoms with Crippen LogP contribution in [0, 0.1) is 11.6 Å². The summed E-state index contributed by atoms with van der Waals surface area (Å²) in [6.45, 7) is 6.32. The van der Waals surface area contributed by atoms with Gasteiger partial charge in [-0.1, -0.05) is 13.3 Å². The summed E-state index contributed by atoms with van der Waals surface area (Å²) in [5.74, 6) is 0. The molecule has 0 fully saturated rings. The van der Waals surface area contributed by atoms with Crippen molar-refractivity contribution in [3.8, 4) is 0 Å². The molecule has 1 radical (unpaired) electrons. The molecule has 0 spiro atoms. The summed E-state index contributed by atoms with van der Waals surface area (Å²) in [5, 5.41) is 11.5. The highest BCUT2D eigenvalue weighted by atomic mass is 16.5. The number of aromatic nitrogens is 1. The van der Waals surface area contributed by atoms with Gasteiger partial charge in [-0.25, -0.2) is 0 Å². The van der Waals surface area contributed by atoms with Crippen LogP contribution in [0.4, 0.5) is 0 Å². The van der Waals surface area contributed by atoms with Crippen molar-refractivity contribution in [1.82, 2.24) is 0 Å². The maximum Gasteiger partial charge on any atom is 0.198 e. The van der Waals surface area contributed by atoms with Gasteiger partial charge in [-0.3, -0.25) is 0 Å². The lowest BCUT2D eigenvalue weighted by atomic mass is 9.83. The van der Waals surface area contributed by atoms with E-state index in [9.17, 15) is 5.21 Å². The highest BCUT2D eigenvalue weighted by Crippen LogP contribution is 2.25. The molecule has 1 aromatic rings. The first-order valence-corrected chi connectivity index (χ1v) is 5.08. The average molecular weight is 192 g/mol. The Morgan fingerprint density at radius 3 is 2.71 bits per heavy atom. The molecule has 0 unspecified atom stereocenters. The summed E-state index contributed by atoms with van der Waals surface area (Å²) < 4.78 is 0.962. The third kappa shape index (κ3) is 2.47. The fraction of sp³-hybridized carbons (Fsp3) is 0.500. The third-order valence-corrected chi connectivity index (χ3v) is 2.46. The van der Waals surface area contributed by atoms with E-state index in [4.69, 9.17) is 0 Å². The van der Waals surface area contributed by atoms with Gasteiger partial charge in [0.05, 0.1) is 5.41 Å². The predicted octanol–water partition coefficient (Wildman–Crippen LogP) is 2.60. The van der Waals surface area contributed by atoms with Crippen LogP contribution >= 0.6 is 0 Å². The zero-order chi connectivity index (χ0) is 10.6. The Morgan fingerprint density at radius 2 is 2.14 bits per heavy atom. The molecule has 2 nitrogen and oxygen atoms in total. The van der Waals surface area contributed by atoms with Gasteiger partial charge in [0.25, 0.3) is 0 Å². The first-order valence-electron chi connectivity index (χ1n) is 5.08.